The third kappa shape index (κ3) is 3.86. The Balaban J connectivity index is 1.14. The molecule has 0 aromatic carbocycles. The van der Waals surface area contributed by atoms with Gasteiger partial charge in [-0.2, -0.15) is 4.31 Å². The summed E-state index contributed by atoms with van der Waals surface area (Å²) >= 11 is 0. The number of rotatable bonds is 5. The predicted molar refractivity (Wildman–Crippen MR) is 124 cm³/mol. The topological polar surface area (TPSA) is 103 Å². The molecular weight excluding hydrogens is 440 g/mol. The number of amides is 1. The molecule has 4 bridgehead atoms. The van der Waals surface area contributed by atoms with Crippen molar-refractivity contribution in [1.29, 1.82) is 0 Å². The summed E-state index contributed by atoms with van der Waals surface area (Å²) in [7, 11) is -3.17. The molecule has 1 aromatic rings. The fourth-order valence-electron chi connectivity index (χ4n) is 7.22. The first-order chi connectivity index (χ1) is 15.7. The van der Waals surface area contributed by atoms with Crippen molar-refractivity contribution < 1.29 is 18.3 Å². The van der Waals surface area contributed by atoms with Crippen molar-refractivity contribution in [1.82, 2.24) is 14.6 Å². The van der Waals surface area contributed by atoms with Gasteiger partial charge in [0.15, 0.2) is 0 Å². The van der Waals surface area contributed by atoms with Crippen LogP contribution in [0, 0.1) is 17.8 Å². The van der Waals surface area contributed by atoms with Crippen molar-refractivity contribution in [2.24, 2.45) is 17.8 Å². The van der Waals surface area contributed by atoms with E-state index in [0.29, 0.717) is 43.1 Å². The first-order valence-corrected chi connectivity index (χ1v) is 14.0. The van der Waals surface area contributed by atoms with Crippen LogP contribution in [0.5, 0.6) is 0 Å². The minimum absolute atomic E-state index is 0.0109. The molecule has 2 N–H and O–H groups in total. The summed E-state index contributed by atoms with van der Waals surface area (Å²) in [5.74, 6) is 1.89. The highest BCUT2D eigenvalue weighted by Crippen LogP contribution is 2.55. The number of nitrogens with zero attached hydrogens (tertiary/aromatic N) is 3. The predicted octanol–water partition coefficient (Wildman–Crippen LogP) is 1.75. The van der Waals surface area contributed by atoms with Gasteiger partial charge in [0.1, 0.15) is 11.5 Å². The standard InChI is InChI=1S/C24H34N4O4S/c1-15-14-27(33(31,32)19-5-6-19)7-8-28(15)21-4-2-3-20(25-21)23(29)26-22-17-9-16-10-18(22)13-24(30,11-16)12-17/h2-4,15-19,22,30H,5-14H2,1H3,(H,26,29)/t15-,16?,17?,18?,22?,24?/m1/s1. The van der Waals surface area contributed by atoms with Gasteiger partial charge < -0.3 is 15.3 Å². The molecule has 0 radical (unpaired) electrons. The molecule has 5 aliphatic carbocycles. The maximum atomic E-state index is 13.2. The van der Waals surface area contributed by atoms with Crippen LogP contribution >= 0.6 is 0 Å². The van der Waals surface area contributed by atoms with Gasteiger partial charge in [-0.05, 0) is 81.8 Å². The lowest BCUT2D eigenvalue weighted by atomic mass is 9.52. The first kappa shape index (κ1) is 21.8. The second kappa shape index (κ2) is 7.65. The van der Waals surface area contributed by atoms with E-state index in [1.807, 2.05) is 19.1 Å². The Morgan fingerprint density at radius 2 is 1.88 bits per heavy atom. The molecule has 1 amide bonds. The fourth-order valence-corrected chi connectivity index (χ4v) is 9.14. The van der Waals surface area contributed by atoms with E-state index >= 15 is 0 Å². The molecule has 0 spiro atoms. The Kier molecular flexibility index (Phi) is 5.05. The number of aliphatic hydroxyl groups is 1. The van der Waals surface area contributed by atoms with Gasteiger partial charge in [0.25, 0.3) is 5.91 Å². The number of aromatic nitrogens is 1. The minimum Gasteiger partial charge on any atom is -0.390 e. The van der Waals surface area contributed by atoms with Crippen LogP contribution in [-0.2, 0) is 10.0 Å². The van der Waals surface area contributed by atoms with Gasteiger partial charge in [0, 0.05) is 31.7 Å². The Hall–Kier alpha value is -1.71. The van der Waals surface area contributed by atoms with E-state index in [-0.39, 0.29) is 23.2 Å². The van der Waals surface area contributed by atoms with Crippen LogP contribution in [0.2, 0.25) is 0 Å². The van der Waals surface area contributed by atoms with Crippen LogP contribution in [0.3, 0.4) is 0 Å². The lowest BCUT2D eigenvalue weighted by Crippen LogP contribution is -2.61. The number of carbonyl (C=O) groups is 1. The molecule has 7 rings (SSSR count). The average Bonchev–Trinajstić information content (AvgIpc) is 3.61. The van der Waals surface area contributed by atoms with Crippen molar-refractivity contribution in [2.45, 2.75) is 74.8 Å². The molecule has 9 heteroatoms. The molecule has 6 aliphatic rings. The average molecular weight is 475 g/mol. The maximum Gasteiger partial charge on any atom is 0.270 e. The van der Waals surface area contributed by atoms with Gasteiger partial charge in [-0.25, -0.2) is 13.4 Å². The van der Waals surface area contributed by atoms with Crippen molar-refractivity contribution in [2.75, 3.05) is 24.5 Å². The van der Waals surface area contributed by atoms with Crippen molar-refractivity contribution >= 4 is 21.7 Å². The van der Waals surface area contributed by atoms with Crippen LogP contribution in [0.15, 0.2) is 18.2 Å². The highest BCUT2D eigenvalue weighted by atomic mass is 32.2. The SMILES string of the molecule is C[C@@H]1CN(S(=O)(=O)C2CC2)CCN1c1cccc(C(=O)NC2C3CC4CC2CC(O)(C4)C3)n1. The van der Waals surface area contributed by atoms with Crippen LogP contribution in [0.4, 0.5) is 5.82 Å². The Morgan fingerprint density at radius 1 is 1.15 bits per heavy atom. The van der Waals surface area contributed by atoms with Gasteiger partial charge in [-0.1, -0.05) is 6.07 Å². The third-order valence-corrected chi connectivity index (χ3v) is 11.1. The van der Waals surface area contributed by atoms with E-state index in [1.165, 1.54) is 0 Å². The second-order valence-corrected chi connectivity index (χ2v) is 13.4. The summed E-state index contributed by atoms with van der Waals surface area (Å²) in [6, 6.07) is 5.62. The van der Waals surface area contributed by atoms with Crippen LogP contribution < -0.4 is 10.2 Å². The third-order valence-electron chi connectivity index (χ3n) is 8.70. The maximum absolute atomic E-state index is 13.2. The van der Waals surface area contributed by atoms with Crippen molar-refractivity contribution in [3.63, 3.8) is 0 Å². The molecular formula is C24H34N4O4S. The molecule has 180 valence electrons. The molecule has 1 aromatic heterocycles. The van der Waals surface area contributed by atoms with Crippen molar-refractivity contribution in [3.05, 3.63) is 23.9 Å². The van der Waals surface area contributed by atoms with E-state index in [2.05, 4.69) is 15.2 Å². The summed E-state index contributed by atoms with van der Waals surface area (Å²) in [5.41, 5.74) is -0.110. The molecule has 8 nitrogen and oxygen atoms in total. The zero-order valence-electron chi connectivity index (χ0n) is 19.2. The lowest BCUT2D eigenvalue weighted by molar-refractivity contribution is -0.136. The minimum atomic E-state index is -3.17. The summed E-state index contributed by atoms with van der Waals surface area (Å²) in [6.45, 7) is 3.49. The molecule has 1 aliphatic heterocycles. The summed E-state index contributed by atoms with van der Waals surface area (Å²) < 4.78 is 26.9. The van der Waals surface area contributed by atoms with E-state index in [4.69, 9.17) is 0 Å². The monoisotopic (exact) mass is 474 g/mol. The highest BCUT2D eigenvalue weighted by molar-refractivity contribution is 7.90. The van der Waals surface area contributed by atoms with E-state index < -0.39 is 15.6 Å². The summed E-state index contributed by atoms with van der Waals surface area (Å²) in [5, 5.41) is 13.9. The number of piperazine rings is 1. The van der Waals surface area contributed by atoms with Crippen molar-refractivity contribution in [3.8, 4) is 0 Å². The van der Waals surface area contributed by atoms with Gasteiger partial charge in [-0.3, -0.25) is 4.79 Å². The molecule has 5 saturated carbocycles. The number of sulfonamides is 1. The van der Waals surface area contributed by atoms with Gasteiger partial charge in [-0.15, -0.1) is 0 Å². The molecule has 3 atom stereocenters. The summed E-state index contributed by atoms with van der Waals surface area (Å²) in [4.78, 5) is 19.9. The van der Waals surface area contributed by atoms with Gasteiger partial charge >= 0.3 is 0 Å². The zero-order chi connectivity index (χ0) is 23.0. The molecule has 2 unspecified atom stereocenters. The Labute approximate surface area is 195 Å². The smallest absolute Gasteiger partial charge is 0.270 e. The fraction of sp³-hybridized carbons (Fsp3) is 0.750. The lowest BCUT2D eigenvalue weighted by Gasteiger charge is -2.58. The zero-order valence-corrected chi connectivity index (χ0v) is 20.0. The van der Waals surface area contributed by atoms with E-state index in [0.717, 1.165) is 50.8 Å². The van der Waals surface area contributed by atoms with E-state index in [9.17, 15) is 18.3 Å². The van der Waals surface area contributed by atoms with Gasteiger partial charge in [0.05, 0.1) is 10.9 Å². The molecule has 33 heavy (non-hydrogen) atoms. The number of pyridine rings is 1. The number of hydrogen-bond acceptors (Lipinski definition) is 6. The van der Waals surface area contributed by atoms with E-state index in [1.54, 1.807) is 10.4 Å². The normalized spacial score (nSPS) is 38.5. The number of anilines is 1. The Bertz CT molecular complexity index is 1040. The van der Waals surface area contributed by atoms with Crippen LogP contribution in [0.25, 0.3) is 0 Å². The van der Waals surface area contributed by atoms with Crippen LogP contribution in [-0.4, -0.2) is 71.3 Å². The first-order valence-electron chi connectivity index (χ1n) is 12.5. The largest absolute Gasteiger partial charge is 0.390 e. The highest BCUT2D eigenvalue weighted by Gasteiger charge is 2.55. The van der Waals surface area contributed by atoms with Gasteiger partial charge in [0.2, 0.25) is 10.0 Å². The number of hydrogen-bond donors (Lipinski definition) is 2. The Morgan fingerprint density at radius 3 is 2.52 bits per heavy atom. The summed E-state index contributed by atoms with van der Waals surface area (Å²) in [6.07, 6.45) is 6.27. The second-order valence-electron chi connectivity index (χ2n) is 11.2. The molecule has 6 fully saturated rings. The van der Waals surface area contributed by atoms with Crippen LogP contribution in [0.1, 0.15) is 62.4 Å². The number of carbonyl (C=O) groups excluding carboxylic acids is 1. The number of nitrogens with one attached hydrogen (secondary N) is 1. The quantitative estimate of drug-likeness (QED) is 0.674. The molecule has 2 heterocycles. The molecule has 1 saturated heterocycles.